The summed E-state index contributed by atoms with van der Waals surface area (Å²) < 4.78 is 0. The average Bonchev–Trinajstić information content (AvgIpc) is 3.73. The van der Waals surface area contributed by atoms with E-state index in [4.69, 9.17) is 50.9 Å². The summed E-state index contributed by atoms with van der Waals surface area (Å²) in [6.45, 7) is 13.3. The average molecular weight is 980 g/mol. The van der Waals surface area contributed by atoms with Crippen LogP contribution in [-0.2, 0) is 32.0 Å². The van der Waals surface area contributed by atoms with Gasteiger partial charge in [0.05, 0.1) is 26.6 Å². The predicted octanol–water partition coefficient (Wildman–Crippen LogP) is 3.14. The fourth-order valence-corrected chi connectivity index (χ4v) is 3.03. The van der Waals surface area contributed by atoms with Gasteiger partial charge in [0, 0.05) is 67.8 Å². The van der Waals surface area contributed by atoms with Gasteiger partial charge in [-0.05, 0) is 47.9 Å². The fourth-order valence-electron chi connectivity index (χ4n) is 3.03. The number of nitrogens with one attached hydrogen (secondary N) is 2. The SMILES string of the molecule is CC(C)(C)Cc1cc(-c2cccc(-c3cc(CC(C)(C)C)[nH]n3)n2)n[nH]1.CN(C)C=O.CN(C)C=O.CN(C)C=O.CN(C)C=O.O=[N+]([O-])[O-].O=[N+]([O-])[O-].O=[N+]([O-])[O-].[Sm+3]. The molecule has 0 aliphatic heterocycles. The van der Waals surface area contributed by atoms with Crippen molar-refractivity contribution in [2.24, 2.45) is 10.8 Å². The number of amides is 4. The summed E-state index contributed by atoms with van der Waals surface area (Å²) in [7, 11) is 13.5. The van der Waals surface area contributed by atoms with E-state index in [0.717, 1.165) is 72.6 Å². The van der Waals surface area contributed by atoms with Gasteiger partial charge in [0.2, 0.25) is 25.6 Å². The van der Waals surface area contributed by atoms with Gasteiger partial charge in [-0.15, -0.1) is 0 Å². The van der Waals surface area contributed by atoms with Crippen LogP contribution >= 0.6 is 0 Å². The van der Waals surface area contributed by atoms with Crippen LogP contribution in [0.25, 0.3) is 22.8 Å². The zero-order valence-electron chi connectivity index (χ0n) is 35.8. The van der Waals surface area contributed by atoms with Crippen molar-refractivity contribution in [2.75, 3.05) is 56.4 Å². The molecule has 0 fully saturated rings. The van der Waals surface area contributed by atoms with Crippen LogP contribution in [0, 0.1) is 97.2 Å². The van der Waals surface area contributed by atoms with Crippen molar-refractivity contribution in [1.82, 2.24) is 45.0 Å². The zero-order valence-corrected chi connectivity index (χ0v) is 38.4. The summed E-state index contributed by atoms with van der Waals surface area (Å²) in [5, 5.41) is 59.4. The third-order valence-electron chi connectivity index (χ3n) is 4.82. The van der Waals surface area contributed by atoms with Crippen LogP contribution in [0.4, 0.5) is 0 Å². The fraction of sp³-hybridized carbons (Fsp3) is 0.545. The van der Waals surface area contributed by atoms with E-state index in [1.807, 2.05) is 18.2 Å². The van der Waals surface area contributed by atoms with E-state index < -0.39 is 15.3 Å². The molecule has 333 valence electrons. The van der Waals surface area contributed by atoms with E-state index >= 15 is 0 Å². The first kappa shape index (κ1) is 65.2. The maximum Gasteiger partial charge on any atom is 3.00 e. The van der Waals surface area contributed by atoms with Crippen LogP contribution in [0.3, 0.4) is 0 Å². The summed E-state index contributed by atoms with van der Waals surface area (Å²) >= 11 is 0. The molecule has 3 aromatic rings. The quantitative estimate of drug-likeness (QED) is 0.186. The van der Waals surface area contributed by atoms with E-state index in [-0.39, 0.29) is 51.2 Å². The topological polar surface area (TPSA) is 350 Å². The number of rotatable bonds is 8. The third-order valence-corrected chi connectivity index (χ3v) is 4.82. The number of hydrogen-bond acceptors (Lipinski definition) is 16. The van der Waals surface area contributed by atoms with Crippen LogP contribution in [-0.4, -0.2) is 142 Å². The second-order valence-corrected chi connectivity index (χ2v) is 14.4. The number of hydrogen-bond donors (Lipinski definition) is 2. The Bertz CT molecular complexity index is 1430. The zero-order chi connectivity index (χ0) is 46.8. The molecule has 25 nitrogen and oxygen atoms in total. The Morgan fingerprint density at radius 3 is 0.898 bits per heavy atom. The molecular weight excluding hydrogens is 923 g/mol. The first-order valence-corrected chi connectivity index (χ1v) is 16.4. The minimum absolute atomic E-state index is 0. The summed E-state index contributed by atoms with van der Waals surface area (Å²) in [6, 6.07) is 10.2. The van der Waals surface area contributed by atoms with Crippen molar-refractivity contribution < 1.29 is 74.8 Å². The molecule has 3 aromatic heterocycles. The van der Waals surface area contributed by atoms with Crippen molar-refractivity contribution in [3.8, 4) is 22.8 Å². The summed E-state index contributed by atoms with van der Waals surface area (Å²) in [6.07, 6.45) is 4.91. The molecule has 3 rings (SSSR count). The molecule has 26 heteroatoms. The molecule has 0 aromatic carbocycles. The van der Waals surface area contributed by atoms with Gasteiger partial charge in [0.25, 0.3) is 0 Å². The number of pyridine rings is 1. The van der Waals surface area contributed by atoms with Gasteiger partial charge >= 0.3 is 40.4 Å². The van der Waals surface area contributed by atoms with E-state index in [2.05, 4.69) is 74.1 Å². The smallest absolute Gasteiger partial charge is 0.356 e. The molecule has 0 saturated carbocycles. The van der Waals surface area contributed by atoms with E-state index in [1.54, 1.807) is 56.4 Å². The molecule has 3 heterocycles. The van der Waals surface area contributed by atoms with Gasteiger partial charge in [0.1, 0.15) is 11.4 Å². The molecule has 0 aliphatic rings. The maximum atomic E-state index is 9.43. The van der Waals surface area contributed by atoms with Crippen molar-refractivity contribution in [1.29, 1.82) is 0 Å². The van der Waals surface area contributed by atoms with Crippen LogP contribution in [0.5, 0.6) is 0 Å². The van der Waals surface area contributed by atoms with Crippen molar-refractivity contribution in [3.05, 3.63) is 87.7 Å². The Labute approximate surface area is 375 Å². The Morgan fingerprint density at radius 1 is 0.525 bits per heavy atom. The second kappa shape index (κ2) is 36.7. The first-order valence-electron chi connectivity index (χ1n) is 16.4. The Morgan fingerprint density at radius 2 is 0.729 bits per heavy atom. The molecule has 59 heavy (non-hydrogen) atoms. The molecule has 2 N–H and O–H groups in total. The minimum Gasteiger partial charge on any atom is -0.356 e. The molecule has 0 bridgehead atoms. The summed E-state index contributed by atoms with van der Waals surface area (Å²) in [4.78, 5) is 73.0. The molecule has 0 unspecified atom stereocenters. The van der Waals surface area contributed by atoms with Crippen LogP contribution in [0.1, 0.15) is 52.9 Å². The monoisotopic (exact) mass is 981 g/mol. The molecular formula is C33H57N12O13Sm. The number of nitrogens with zero attached hydrogens (tertiary/aromatic N) is 10. The third kappa shape index (κ3) is 56.8. The van der Waals surface area contributed by atoms with Crippen molar-refractivity contribution in [2.45, 2.75) is 54.4 Å². The molecule has 0 aliphatic carbocycles. The number of H-pyrrole nitrogens is 2. The molecule has 4 amide bonds. The summed E-state index contributed by atoms with van der Waals surface area (Å²) in [5.74, 6) is 0. The van der Waals surface area contributed by atoms with Gasteiger partial charge in [-0.3, -0.25) is 29.4 Å². The van der Waals surface area contributed by atoms with Gasteiger partial charge in [-0.2, -0.15) is 10.2 Å². The van der Waals surface area contributed by atoms with Crippen molar-refractivity contribution >= 4 is 25.6 Å². The number of aromatic nitrogens is 5. The number of carbonyl (C=O) groups excluding carboxylic acids is 4. The Hall–Kier alpha value is -5.61. The minimum atomic E-state index is -1.75. The van der Waals surface area contributed by atoms with Crippen molar-refractivity contribution in [3.63, 3.8) is 0 Å². The number of carbonyl (C=O) groups is 4. The Balaban J connectivity index is -0.000000173. The standard InChI is InChI=1S/C21H29N5.4C3H7NO.3NO3.Sm/c1-20(2,3)12-14-10-18(25-23-14)16-8-7-9-17(22-16)19-11-15(24-26-19)13-21(4,5)6;4*1-4(2)3-5;3*2-1(3)4;/h7-11H,12-13H2,1-6H3,(H,23,25)(H,24,26);4*3H,1-2H3;;;;/q;;;;;3*-1;+3. The molecule has 0 atom stereocenters. The normalized spacial score (nSPS) is 9.05. The molecule has 0 spiro atoms. The van der Waals surface area contributed by atoms with Crippen LogP contribution in [0.2, 0.25) is 0 Å². The van der Waals surface area contributed by atoms with Gasteiger partial charge in [0.15, 0.2) is 0 Å². The van der Waals surface area contributed by atoms with Crippen LogP contribution in [0.15, 0.2) is 30.3 Å². The van der Waals surface area contributed by atoms with E-state index in [1.165, 1.54) is 19.6 Å². The molecule has 1 radical (unpaired) electrons. The predicted molar refractivity (Wildman–Crippen MR) is 216 cm³/mol. The second-order valence-electron chi connectivity index (χ2n) is 14.4. The Kier molecular flexibility index (Phi) is 40.6. The van der Waals surface area contributed by atoms with Gasteiger partial charge in [-0.1, -0.05) is 47.6 Å². The van der Waals surface area contributed by atoms with E-state index in [0.29, 0.717) is 0 Å². The summed E-state index contributed by atoms with van der Waals surface area (Å²) in [5.41, 5.74) is 6.17. The van der Waals surface area contributed by atoms with Gasteiger partial charge in [-0.25, -0.2) is 4.98 Å². The van der Waals surface area contributed by atoms with Crippen LogP contribution < -0.4 is 0 Å². The molecule has 0 saturated heterocycles. The maximum absolute atomic E-state index is 9.43. The van der Waals surface area contributed by atoms with Gasteiger partial charge < -0.3 is 65.6 Å². The van der Waals surface area contributed by atoms with E-state index in [9.17, 15) is 19.2 Å². The largest absolute Gasteiger partial charge is 3.00 e. The number of aromatic amines is 2. The first-order chi connectivity index (χ1) is 26.4.